The molecule has 1 aromatic heterocycles. The SMILES string of the molecule is O=S(=O)(Nc1cn(-c2ccccc2)cn1)c1cc(Br)cc(Cl)c1O. The van der Waals surface area contributed by atoms with Gasteiger partial charge in [-0.25, -0.2) is 13.4 Å². The van der Waals surface area contributed by atoms with Gasteiger partial charge >= 0.3 is 0 Å². The molecule has 24 heavy (non-hydrogen) atoms. The number of phenols is 1. The van der Waals surface area contributed by atoms with Gasteiger partial charge in [-0.3, -0.25) is 4.72 Å². The molecular formula is C15H11BrClN3O3S. The van der Waals surface area contributed by atoms with E-state index in [0.29, 0.717) is 4.47 Å². The standard InChI is InChI=1S/C15H11BrClN3O3S/c16-10-6-12(17)15(21)13(7-10)24(22,23)19-14-8-20(9-18-14)11-4-2-1-3-5-11/h1-9,19,21H. The summed E-state index contributed by atoms with van der Waals surface area (Å²) in [5.41, 5.74) is 0.837. The first-order valence-electron chi connectivity index (χ1n) is 6.67. The monoisotopic (exact) mass is 427 g/mol. The molecule has 0 fully saturated rings. The Bertz CT molecular complexity index is 990. The summed E-state index contributed by atoms with van der Waals surface area (Å²) >= 11 is 8.97. The summed E-state index contributed by atoms with van der Waals surface area (Å²) in [6.07, 6.45) is 3.02. The Morgan fingerprint density at radius 3 is 2.62 bits per heavy atom. The molecule has 3 aromatic rings. The number of nitrogens with zero attached hydrogens (tertiary/aromatic N) is 2. The molecule has 124 valence electrons. The number of anilines is 1. The molecule has 9 heteroatoms. The first-order chi connectivity index (χ1) is 11.4. The molecule has 6 nitrogen and oxygen atoms in total. The van der Waals surface area contributed by atoms with Crippen LogP contribution in [0.3, 0.4) is 0 Å². The van der Waals surface area contributed by atoms with Crippen molar-refractivity contribution in [3.05, 3.63) is 64.5 Å². The van der Waals surface area contributed by atoms with Gasteiger partial charge in [0.1, 0.15) is 11.2 Å². The van der Waals surface area contributed by atoms with Gasteiger partial charge in [0, 0.05) is 10.2 Å². The van der Waals surface area contributed by atoms with Gasteiger partial charge in [-0.2, -0.15) is 0 Å². The molecule has 2 aromatic carbocycles. The number of hydrogen-bond acceptors (Lipinski definition) is 4. The molecular weight excluding hydrogens is 418 g/mol. The lowest BCUT2D eigenvalue weighted by Gasteiger charge is -2.09. The third kappa shape index (κ3) is 3.40. The molecule has 0 saturated heterocycles. The van der Waals surface area contributed by atoms with Crippen LogP contribution in [0.1, 0.15) is 0 Å². The van der Waals surface area contributed by atoms with Crippen LogP contribution in [0.25, 0.3) is 5.69 Å². The molecule has 0 amide bonds. The summed E-state index contributed by atoms with van der Waals surface area (Å²) < 4.78 is 29.4. The summed E-state index contributed by atoms with van der Waals surface area (Å²) in [5.74, 6) is -0.399. The van der Waals surface area contributed by atoms with Gasteiger partial charge in [0.25, 0.3) is 10.0 Å². The zero-order chi connectivity index (χ0) is 17.3. The van der Waals surface area contributed by atoms with Crippen LogP contribution in [-0.4, -0.2) is 23.1 Å². The smallest absolute Gasteiger partial charge is 0.266 e. The lowest BCUT2D eigenvalue weighted by molar-refractivity contribution is 0.459. The number of aromatic nitrogens is 2. The van der Waals surface area contributed by atoms with Crippen molar-refractivity contribution in [1.82, 2.24) is 9.55 Å². The topological polar surface area (TPSA) is 84.2 Å². The fraction of sp³-hybridized carbons (Fsp3) is 0. The van der Waals surface area contributed by atoms with Gasteiger partial charge in [-0.05, 0) is 24.3 Å². The molecule has 0 spiro atoms. The van der Waals surface area contributed by atoms with E-state index < -0.39 is 15.8 Å². The number of imidazole rings is 1. The molecule has 3 rings (SSSR count). The second kappa shape index (κ2) is 6.46. The summed E-state index contributed by atoms with van der Waals surface area (Å²) in [7, 11) is -4.05. The number of para-hydroxylation sites is 1. The number of benzene rings is 2. The molecule has 0 aliphatic rings. The highest BCUT2D eigenvalue weighted by molar-refractivity contribution is 9.10. The van der Waals surface area contributed by atoms with Crippen molar-refractivity contribution in [3.8, 4) is 11.4 Å². The summed E-state index contributed by atoms with van der Waals surface area (Å²) in [6, 6.07) is 12.0. The highest BCUT2D eigenvalue weighted by atomic mass is 79.9. The first kappa shape index (κ1) is 16.8. The Morgan fingerprint density at radius 1 is 1.21 bits per heavy atom. The van der Waals surface area contributed by atoms with E-state index in [1.165, 1.54) is 24.7 Å². The van der Waals surface area contributed by atoms with Gasteiger partial charge in [0.05, 0.1) is 11.2 Å². The normalized spacial score (nSPS) is 11.4. The Labute approximate surface area is 151 Å². The fourth-order valence-electron chi connectivity index (χ4n) is 2.06. The lowest BCUT2D eigenvalue weighted by Crippen LogP contribution is -2.13. The number of halogens is 2. The second-order valence-corrected chi connectivity index (χ2v) is 7.82. The largest absolute Gasteiger partial charge is 0.505 e. The zero-order valence-corrected chi connectivity index (χ0v) is 15.2. The Morgan fingerprint density at radius 2 is 1.92 bits per heavy atom. The van der Waals surface area contributed by atoms with Crippen LogP contribution in [0.5, 0.6) is 5.75 Å². The van der Waals surface area contributed by atoms with Crippen molar-refractivity contribution in [2.75, 3.05) is 4.72 Å². The van der Waals surface area contributed by atoms with Crippen molar-refractivity contribution < 1.29 is 13.5 Å². The van der Waals surface area contributed by atoms with E-state index >= 15 is 0 Å². The molecule has 2 N–H and O–H groups in total. The Hall–Kier alpha value is -2.03. The maximum absolute atomic E-state index is 12.5. The Kier molecular flexibility index (Phi) is 4.53. The minimum atomic E-state index is -4.05. The first-order valence-corrected chi connectivity index (χ1v) is 9.32. The predicted octanol–water partition coefficient (Wildman–Crippen LogP) is 3.79. The zero-order valence-electron chi connectivity index (χ0n) is 12.0. The molecule has 0 saturated carbocycles. The minimum Gasteiger partial charge on any atom is -0.505 e. The molecule has 0 aliphatic carbocycles. The number of phenolic OH excluding ortho intramolecular Hbond substituents is 1. The van der Waals surface area contributed by atoms with E-state index in [4.69, 9.17) is 11.6 Å². The van der Waals surface area contributed by atoms with Gasteiger partial charge < -0.3 is 9.67 Å². The number of aromatic hydroxyl groups is 1. The van der Waals surface area contributed by atoms with Crippen molar-refractivity contribution in [3.63, 3.8) is 0 Å². The maximum atomic E-state index is 12.5. The highest BCUT2D eigenvalue weighted by Gasteiger charge is 2.22. The van der Waals surface area contributed by atoms with Crippen LogP contribution in [0.4, 0.5) is 5.82 Å². The molecule has 1 heterocycles. The molecule has 0 aliphatic heterocycles. The van der Waals surface area contributed by atoms with Crippen LogP contribution >= 0.6 is 27.5 Å². The van der Waals surface area contributed by atoms with Crippen LogP contribution in [0.15, 0.2) is 64.4 Å². The lowest BCUT2D eigenvalue weighted by atomic mass is 10.3. The minimum absolute atomic E-state index is 0.0698. The average molecular weight is 429 g/mol. The number of rotatable bonds is 4. The number of sulfonamides is 1. The molecule has 0 atom stereocenters. The van der Waals surface area contributed by atoms with E-state index in [2.05, 4.69) is 25.6 Å². The third-order valence-corrected chi connectivity index (χ3v) is 5.27. The third-order valence-electron chi connectivity index (χ3n) is 3.16. The van der Waals surface area contributed by atoms with Crippen molar-refractivity contribution >= 4 is 43.4 Å². The van der Waals surface area contributed by atoms with E-state index in [1.54, 1.807) is 4.57 Å². The van der Waals surface area contributed by atoms with E-state index in [0.717, 1.165) is 5.69 Å². The van der Waals surface area contributed by atoms with Gasteiger partial charge in [-0.15, -0.1) is 0 Å². The molecule has 0 radical (unpaired) electrons. The predicted molar refractivity (Wildman–Crippen MR) is 95.2 cm³/mol. The number of nitrogens with one attached hydrogen (secondary N) is 1. The Balaban J connectivity index is 1.93. The maximum Gasteiger partial charge on any atom is 0.266 e. The van der Waals surface area contributed by atoms with Crippen LogP contribution in [0, 0.1) is 0 Å². The van der Waals surface area contributed by atoms with Crippen molar-refractivity contribution in [1.29, 1.82) is 0 Å². The van der Waals surface area contributed by atoms with Crippen molar-refractivity contribution in [2.45, 2.75) is 4.90 Å². The van der Waals surface area contributed by atoms with E-state index in [1.807, 2.05) is 30.3 Å². The van der Waals surface area contributed by atoms with E-state index in [-0.39, 0.29) is 15.7 Å². The summed E-state index contributed by atoms with van der Waals surface area (Å²) in [5, 5.41) is 9.85. The quantitative estimate of drug-likeness (QED) is 0.662. The molecule has 0 bridgehead atoms. The van der Waals surface area contributed by atoms with Crippen molar-refractivity contribution in [2.24, 2.45) is 0 Å². The summed E-state index contributed by atoms with van der Waals surface area (Å²) in [6.45, 7) is 0. The van der Waals surface area contributed by atoms with Gasteiger partial charge in [0.2, 0.25) is 0 Å². The second-order valence-electron chi connectivity index (χ2n) is 4.84. The summed E-state index contributed by atoms with van der Waals surface area (Å²) in [4.78, 5) is 3.69. The highest BCUT2D eigenvalue weighted by Crippen LogP contribution is 2.35. The van der Waals surface area contributed by atoms with Crippen LogP contribution in [0.2, 0.25) is 5.02 Å². The van der Waals surface area contributed by atoms with Gasteiger partial charge in [-0.1, -0.05) is 45.7 Å². The van der Waals surface area contributed by atoms with Crippen LogP contribution < -0.4 is 4.72 Å². The number of hydrogen-bond donors (Lipinski definition) is 2. The fourth-order valence-corrected chi connectivity index (χ4v) is 4.21. The van der Waals surface area contributed by atoms with Crippen LogP contribution in [-0.2, 0) is 10.0 Å². The van der Waals surface area contributed by atoms with E-state index in [9.17, 15) is 13.5 Å². The molecule has 0 unspecified atom stereocenters. The average Bonchev–Trinajstić information content (AvgIpc) is 2.99. The van der Waals surface area contributed by atoms with Gasteiger partial charge in [0.15, 0.2) is 11.6 Å².